The average Bonchev–Trinajstić information content (AvgIpc) is 2.72. The number of amides is 1. The molecule has 3 rings (SSSR count). The molecule has 0 spiro atoms. The molecular formula is C20H19ClF3NO5S. The minimum Gasteiger partial charge on any atom is -0.393 e. The molecule has 1 fully saturated rings. The molecule has 0 heterocycles. The van der Waals surface area contributed by atoms with Crippen LogP contribution >= 0.6 is 11.6 Å². The number of aliphatic hydroxyl groups excluding tert-OH is 1. The zero-order chi connectivity index (χ0) is 23.0. The van der Waals surface area contributed by atoms with Gasteiger partial charge in [0.15, 0.2) is 27.3 Å². The summed E-state index contributed by atoms with van der Waals surface area (Å²) < 4.78 is 65.9. The van der Waals surface area contributed by atoms with Crippen LogP contribution in [0.5, 0.6) is 0 Å². The van der Waals surface area contributed by atoms with Crippen molar-refractivity contribution in [3.8, 4) is 0 Å². The molecule has 0 aliphatic heterocycles. The third-order valence-electron chi connectivity index (χ3n) is 5.34. The lowest BCUT2D eigenvalue weighted by molar-refractivity contribution is -0.0413. The smallest absolute Gasteiger partial charge is 0.255 e. The minimum absolute atomic E-state index is 0.0902. The number of anilines is 1. The van der Waals surface area contributed by atoms with Gasteiger partial charge in [-0.2, -0.15) is 0 Å². The first-order valence-electron chi connectivity index (χ1n) is 9.29. The predicted molar refractivity (Wildman–Crippen MR) is 107 cm³/mol. The Morgan fingerprint density at radius 2 is 1.71 bits per heavy atom. The molecule has 6 nitrogen and oxygen atoms in total. The van der Waals surface area contributed by atoms with Crippen LogP contribution in [0, 0.1) is 17.5 Å². The van der Waals surface area contributed by atoms with Gasteiger partial charge in [0.2, 0.25) is 0 Å². The minimum atomic E-state index is -3.97. The Balaban J connectivity index is 1.85. The van der Waals surface area contributed by atoms with Crippen LogP contribution in [0.3, 0.4) is 0 Å². The second-order valence-corrected chi connectivity index (χ2v) is 10.1. The number of sulfone groups is 1. The van der Waals surface area contributed by atoms with E-state index in [4.69, 9.17) is 11.6 Å². The molecule has 1 aliphatic carbocycles. The van der Waals surface area contributed by atoms with Gasteiger partial charge in [-0.1, -0.05) is 11.6 Å². The summed E-state index contributed by atoms with van der Waals surface area (Å²) >= 11 is 6.07. The number of benzene rings is 2. The van der Waals surface area contributed by atoms with E-state index in [9.17, 15) is 36.6 Å². The van der Waals surface area contributed by atoms with Crippen molar-refractivity contribution >= 4 is 33.0 Å². The highest BCUT2D eigenvalue weighted by atomic mass is 35.5. The van der Waals surface area contributed by atoms with Gasteiger partial charge >= 0.3 is 0 Å². The molecule has 3 N–H and O–H groups in total. The first kappa shape index (κ1) is 23.5. The number of rotatable bonds is 5. The molecule has 0 atom stereocenters. The molecule has 0 bridgehead atoms. The van der Waals surface area contributed by atoms with Crippen LogP contribution in [-0.2, 0) is 9.84 Å². The maximum Gasteiger partial charge on any atom is 0.255 e. The Kier molecular flexibility index (Phi) is 6.66. The Bertz CT molecular complexity index is 1090. The first-order valence-corrected chi connectivity index (χ1v) is 11.2. The number of nitrogens with one attached hydrogen (secondary N) is 1. The summed E-state index contributed by atoms with van der Waals surface area (Å²) in [5.74, 6) is -5.54. The summed E-state index contributed by atoms with van der Waals surface area (Å²) in [4.78, 5) is 12.2. The normalized spacial score (nSPS) is 21.7. The van der Waals surface area contributed by atoms with Gasteiger partial charge in [-0.05, 0) is 43.9 Å². The second-order valence-electron chi connectivity index (χ2n) is 7.48. The number of carbonyl (C=O) groups is 1. The SMILES string of the molecule is O=C(Nc1cc(F)c(F)c(F)c1)c1ccc(Cl)c(S(=O)(=O)C2CCC(O)(CO)CC2)c1. The van der Waals surface area contributed by atoms with Crippen molar-refractivity contribution in [2.45, 2.75) is 41.4 Å². The predicted octanol–water partition coefficient (Wildman–Crippen LogP) is 3.45. The molecule has 0 unspecified atom stereocenters. The van der Waals surface area contributed by atoms with Gasteiger partial charge in [-0.25, -0.2) is 21.6 Å². The summed E-state index contributed by atoms with van der Waals surface area (Å²) in [6.45, 7) is -0.471. The number of aliphatic hydroxyl groups is 2. The summed E-state index contributed by atoms with van der Waals surface area (Å²) in [6, 6.07) is 4.68. The highest BCUT2D eigenvalue weighted by Gasteiger charge is 2.39. The summed E-state index contributed by atoms with van der Waals surface area (Å²) in [5.41, 5.74) is -1.82. The maximum absolute atomic E-state index is 13.4. The third kappa shape index (κ3) is 4.87. The van der Waals surface area contributed by atoms with Crippen molar-refractivity contribution < 1.29 is 36.6 Å². The fraction of sp³-hybridized carbons (Fsp3) is 0.350. The highest BCUT2D eigenvalue weighted by molar-refractivity contribution is 7.92. The van der Waals surface area contributed by atoms with Crippen molar-refractivity contribution in [1.82, 2.24) is 0 Å². The standard InChI is InChI=1S/C20H19ClF3NO5S/c21-14-2-1-11(19(27)25-12-8-15(22)18(24)16(23)9-12)7-17(14)31(29,30)13-3-5-20(28,10-26)6-4-13/h1-2,7-9,13,26,28H,3-6,10H2,(H,25,27). The van der Waals surface area contributed by atoms with E-state index in [-0.39, 0.29) is 46.9 Å². The third-order valence-corrected chi connectivity index (χ3v) is 8.08. The molecular weight excluding hydrogens is 459 g/mol. The Morgan fingerprint density at radius 1 is 1.13 bits per heavy atom. The van der Waals surface area contributed by atoms with Crippen LogP contribution in [-0.4, -0.2) is 42.0 Å². The van der Waals surface area contributed by atoms with E-state index in [0.717, 1.165) is 6.07 Å². The summed E-state index contributed by atoms with van der Waals surface area (Å²) in [6.07, 6.45) is 0.375. The Labute approximate surface area is 181 Å². The first-order chi connectivity index (χ1) is 14.5. The van der Waals surface area contributed by atoms with Crippen molar-refractivity contribution in [2.24, 2.45) is 0 Å². The van der Waals surface area contributed by atoms with Gasteiger partial charge in [0.1, 0.15) is 0 Å². The van der Waals surface area contributed by atoms with E-state index in [2.05, 4.69) is 5.32 Å². The van der Waals surface area contributed by atoms with E-state index in [1.54, 1.807) is 0 Å². The molecule has 31 heavy (non-hydrogen) atoms. The molecule has 1 aliphatic rings. The van der Waals surface area contributed by atoms with Crippen molar-refractivity contribution in [3.05, 3.63) is 58.4 Å². The van der Waals surface area contributed by atoms with Crippen LogP contribution in [0.15, 0.2) is 35.2 Å². The van der Waals surface area contributed by atoms with Gasteiger partial charge in [0.25, 0.3) is 5.91 Å². The van der Waals surface area contributed by atoms with Gasteiger partial charge in [-0.15, -0.1) is 0 Å². The van der Waals surface area contributed by atoms with Gasteiger partial charge in [0.05, 0.1) is 27.4 Å². The number of halogens is 4. The molecule has 0 saturated heterocycles. The lowest BCUT2D eigenvalue weighted by atomic mass is 9.85. The topological polar surface area (TPSA) is 104 Å². The van der Waals surface area contributed by atoms with Crippen LogP contribution in [0.2, 0.25) is 5.02 Å². The molecule has 0 radical (unpaired) electrons. The second kappa shape index (κ2) is 8.78. The highest BCUT2D eigenvalue weighted by Crippen LogP contribution is 2.36. The Morgan fingerprint density at radius 3 is 2.26 bits per heavy atom. The van der Waals surface area contributed by atoms with Crippen LogP contribution in [0.1, 0.15) is 36.0 Å². The summed E-state index contributed by atoms with van der Waals surface area (Å²) in [7, 11) is -3.97. The van der Waals surface area contributed by atoms with Crippen LogP contribution in [0.25, 0.3) is 0 Å². The maximum atomic E-state index is 13.4. The zero-order valence-corrected chi connectivity index (χ0v) is 17.6. The number of hydrogen-bond acceptors (Lipinski definition) is 5. The zero-order valence-electron chi connectivity index (χ0n) is 16.0. The lowest BCUT2D eigenvalue weighted by Gasteiger charge is -2.34. The number of hydrogen-bond donors (Lipinski definition) is 3. The Hall–Kier alpha value is -2.14. The van der Waals surface area contributed by atoms with Crippen molar-refractivity contribution in [3.63, 3.8) is 0 Å². The van der Waals surface area contributed by atoms with E-state index in [1.807, 2.05) is 0 Å². The fourth-order valence-corrected chi connectivity index (χ4v) is 5.76. The van der Waals surface area contributed by atoms with Crippen molar-refractivity contribution in [2.75, 3.05) is 11.9 Å². The van der Waals surface area contributed by atoms with E-state index in [1.165, 1.54) is 12.1 Å². The van der Waals surface area contributed by atoms with Crippen LogP contribution < -0.4 is 5.32 Å². The number of carbonyl (C=O) groups excluding carboxylic acids is 1. The molecule has 168 valence electrons. The summed E-state index contributed by atoms with van der Waals surface area (Å²) in [5, 5.41) is 20.5. The van der Waals surface area contributed by atoms with E-state index < -0.39 is 50.7 Å². The van der Waals surface area contributed by atoms with Crippen LogP contribution in [0.4, 0.5) is 18.9 Å². The van der Waals surface area contributed by atoms with E-state index >= 15 is 0 Å². The largest absolute Gasteiger partial charge is 0.393 e. The molecule has 1 saturated carbocycles. The molecule has 2 aromatic rings. The fourth-order valence-electron chi connectivity index (χ4n) is 3.47. The molecule has 11 heteroatoms. The van der Waals surface area contributed by atoms with Crippen molar-refractivity contribution in [1.29, 1.82) is 0 Å². The average molecular weight is 478 g/mol. The van der Waals surface area contributed by atoms with E-state index in [0.29, 0.717) is 12.1 Å². The molecule has 1 amide bonds. The molecule has 0 aromatic heterocycles. The van der Waals surface area contributed by atoms with Gasteiger partial charge < -0.3 is 15.5 Å². The monoisotopic (exact) mass is 477 g/mol. The van der Waals surface area contributed by atoms with Gasteiger partial charge in [-0.3, -0.25) is 4.79 Å². The quantitative estimate of drug-likeness (QED) is 0.572. The van der Waals surface area contributed by atoms with Gasteiger partial charge in [0, 0.05) is 23.4 Å². The molecule has 2 aromatic carbocycles. The lowest BCUT2D eigenvalue weighted by Crippen LogP contribution is -2.41.